The first-order chi connectivity index (χ1) is 5.72. The molecule has 0 N–H and O–H groups in total. The topological polar surface area (TPSA) is 27.0 Å². The third kappa shape index (κ3) is 5.45. The van der Waals surface area contributed by atoms with Crippen molar-refractivity contribution in [2.45, 2.75) is 26.3 Å². The molecule has 0 aliphatic rings. The third-order valence-electron chi connectivity index (χ3n) is 1.80. The summed E-state index contributed by atoms with van der Waals surface area (Å²) in [5.41, 5.74) is 0. The lowest BCUT2D eigenvalue weighted by Crippen LogP contribution is -2.32. The van der Waals surface area contributed by atoms with E-state index in [1.54, 1.807) is 0 Å². The van der Waals surface area contributed by atoms with Gasteiger partial charge in [-0.1, -0.05) is 0 Å². The zero-order valence-corrected chi connectivity index (χ0v) is 9.02. The van der Waals surface area contributed by atoms with Crippen molar-refractivity contribution >= 4 is 11.8 Å². The molecule has 0 heterocycles. The molecule has 0 saturated carbocycles. The Morgan fingerprint density at radius 2 is 2.17 bits per heavy atom. The Labute approximate surface area is 79.9 Å². The second-order valence-corrected chi connectivity index (χ2v) is 4.05. The standard InChI is InChI=1S/C9H18N2S/c1-9(2)11(7-5-10)6-4-8-12-3/h9H,4,6-8H2,1-3H3. The average Bonchev–Trinajstić information content (AvgIpc) is 2.03. The second-order valence-electron chi connectivity index (χ2n) is 3.07. The van der Waals surface area contributed by atoms with Crippen LogP contribution < -0.4 is 0 Å². The first-order valence-electron chi connectivity index (χ1n) is 4.32. The SMILES string of the molecule is CSCCCN(CC#N)C(C)C. The summed E-state index contributed by atoms with van der Waals surface area (Å²) in [6.07, 6.45) is 3.30. The van der Waals surface area contributed by atoms with Gasteiger partial charge in [0.1, 0.15) is 0 Å². The van der Waals surface area contributed by atoms with Crippen LogP contribution >= 0.6 is 11.8 Å². The summed E-state index contributed by atoms with van der Waals surface area (Å²) in [4.78, 5) is 2.20. The number of nitrogens with zero attached hydrogens (tertiary/aromatic N) is 2. The lowest BCUT2D eigenvalue weighted by Gasteiger charge is -2.22. The van der Waals surface area contributed by atoms with Gasteiger partial charge in [0, 0.05) is 12.6 Å². The molecule has 0 unspecified atom stereocenters. The van der Waals surface area contributed by atoms with E-state index in [1.165, 1.54) is 12.2 Å². The van der Waals surface area contributed by atoms with Crippen LogP contribution in [0.4, 0.5) is 0 Å². The molecular weight excluding hydrogens is 168 g/mol. The summed E-state index contributed by atoms with van der Waals surface area (Å²) in [7, 11) is 0. The highest BCUT2D eigenvalue weighted by molar-refractivity contribution is 7.98. The van der Waals surface area contributed by atoms with Crippen LogP contribution in [0.25, 0.3) is 0 Å². The van der Waals surface area contributed by atoms with Gasteiger partial charge in [-0.2, -0.15) is 17.0 Å². The Kier molecular flexibility index (Phi) is 7.33. The quantitative estimate of drug-likeness (QED) is 0.469. The van der Waals surface area contributed by atoms with Gasteiger partial charge in [0.2, 0.25) is 0 Å². The molecule has 0 atom stereocenters. The molecule has 0 saturated heterocycles. The van der Waals surface area contributed by atoms with Crippen molar-refractivity contribution in [1.29, 1.82) is 5.26 Å². The number of hydrogen-bond donors (Lipinski definition) is 0. The van der Waals surface area contributed by atoms with E-state index < -0.39 is 0 Å². The number of thioether (sulfide) groups is 1. The molecule has 0 bridgehead atoms. The fraction of sp³-hybridized carbons (Fsp3) is 0.889. The molecule has 0 aliphatic carbocycles. The predicted molar refractivity (Wildman–Crippen MR) is 55.3 cm³/mol. The molecule has 3 heteroatoms. The average molecular weight is 186 g/mol. The number of nitriles is 1. The molecule has 0 spiro atoms. The van der Waals surface area contributed by atoms with E-state index in [0.29, 0.717) is 12.6 Å². The molecule has 0 amide bonds. The summed E-state index contributed by atoms with van der Waals surface area (Å²) in [6, 6.07) is 2.69. The maximum atomic E-state index is 8.55. The predicted octanol–water partition coefficient (Wildman–Crippen LogP) is 1.97. The molecule has 0 aliphatic heterocycles. The molecule has 0 rings (SSSR count). The van der Waals surface area contributed by atoms with Crippen molar-refractivity contribution < 1.29 is 0 Å². The first kappa shape index (κ1) is 11.8. The summed E-state index contributed by atoms with van der Waals surface area (Å²) in [5, 5.41) is 8.55. The minimum atomic E-state index is 0.492. The molecule has 0 radical (unpaired) electrons. The van der Waals surface area contributed by atoms with E-state index in [2.05, 4.69) is 31.1 Å². The van der Waals surface area contributed by atoms with Gasteiger partial charge in [-0.25, -0.2) is 0 Å². The van der Waals surface area contributed by atoms with Crippen LogP contribution in [0.2, 0.25) is 0 Å². The van der Waals surface area contributed by atoms with Crippen molar-refractivity contribution in [3.05, 3.63) is 0 Å². The first-order valence-corrected chi connectivity index (χ1v) is 5.71. The van der Waals surface area contributed by atoms with E-state index in [9.17, 15) is 0 Å². The molecule has 70 valence electrons. The van der Waals surface area contributed by atoms with Crippen molar-refractivity contribution in [2.24, 2.45) is 0 Å². The van der Waals surface area contributed by atoms with E-state index in [4.69, 9.17) is 5.26 Å². The zero-order chi connectivity index (χ0) is 9.40. The fourth-order valence-electron chi connectivity index (χ4n) is 1.02. The van der Waals surface area contributed by atoms with Gasteiger partial charge in [0.25, 0.3) is 0 Å². The van der Waals surface area contributed by atoms with Crippen LogP contribution in [0.5, 0.6) is 0 Å². The van der Waals surface area contributed by atoms with Crippen LogP contribution in [-0.2, 0) is 0 Å². The van der Waals surface area contributed by atoms with Crippen molar-refractivity contribution in [1.82, 2.24) is 4.90 Å². The summed E-state index contributed by atoms with van der Waals surface area (Å²) >= 11 is 1.86. The Hall–Kier alpha value is -0.200. The van der Waals surface area contributed by atoms with Gasteiger partial charge in [0.05, 0.1) is 12.6 Å². The van der Waals surface area contributed by atoms with Gasteiger partial charge in [-0.05, 0) is 32.3 Å². The van der Waals surface area contributed by atoms with Crippen LogP contribution in [-0.4, -0.2) is 36.0 Å². The van der Waals surface area contributed by atoms with Gasteiger partial charge < -0.3 is 0 Å². The molecular formula is C9H18N2S. The van der Waals surface area contributed by atoms with Crippen molar-refractivity contribution in [3.8, 4) is 6.07 Å². The summed E-state index contributed by atoms with van der Waals surface area (Å²) in [5.74, 6) is 1.19. The van der Waals surface area contributed by atoms with Crippen LogP contribution in [0, 0.1) is 11.3 Å². The summed E-state index contributed by atoms with van der Waals surface area (Å²) in [6.45, 7) is 5.88. The Balaban J connectivity index is 3.58. The van der Waals surface area contributed by atoms with Crippen LogP contribution in [0.1, 0.15) is 20.3 Å². The lowest BCUT2D eigenvalue weighted by molar-refractivity contribution is 0.250. The molecule has 0 fully saturated rings. The Morgan fingerprint density at radius 1 is 1.50 bits per heavy atom. The van der Waals surface area contributed by atoms with Gasteiger partial charge in [-0.3, -0.25) is 4.90 Å². The number of rotatable bonds is 6. The monoisotopic (exact) mass is 186 g/mol. The highest BCUT2D eigenvalue weighted by Gasteiger charge is 2.06. The molecule has 2 nitrogen and oxygen atoms in total. The highest BCUT2D eigenvalue weighted by atomic mass is 32.2. The van der Waals surface area contributed by atoms with E-state index >= 15 is 0 Å². The van der Waals surface area contributed by atoms with Gasteiger partial charge in [-0.15, -0.1) is 0 Å². The Morgan fingerprint density at radius 3 is 2.58 bits per heavy atom. The lowest BCUT2D eigenvalue weighted by atomic mass is 10.3. The fourth-order valence-corrected chi connectivity index (χ4v) is 1.44. The van der Waals surface area contributed by atoms with E-state index in [0.717, 1.165) is 6.54 Å². The third-order valence-corrected chi connectivity index (χ3v) is 2.49. The minimum absolute atomic E-state index is 0.492. The minimum Gasteiger partial charge on any atom is -0.288 e. The maximum Gasteiger partial charge on any atom is 0.0868 e. The molecule has 12 heavy (non-hydrogen) atoms. The second kappa shape index (κ2) is 7.45. The largest absolute Gasteiger partial charge is 0.288 e. The molecule has 0 aromatic carbocycles. The zero-order valence-electron chi connectivity index (χ0n) is 8.21. The van der Waals surface area contributed by atoms with Gasteiger partial charge in [0.15, 0.2) is 0 Å². The smallest absolute Gasteiger partial charge is 0.0868 e. The van der Waals surface area contributed by atoms with E-state index in [1.807, 2.05) is 11.8 Å². The van der Waals surface area contributed by atoms with Crippen molar-refractivity contribution in [3.63, 3.8) is 0 Å². The van der Waals surface area contributed by atoms with E-state index in [-0.39, 0.29) is 0 Å². The van der Waals surface area contributed by atoms with Crippen molar-refractivity contribution in [2.75, 3.05) is 25.1 Å². The van der Waals surface area contributed by atoms with Crippen LogP contribution in [0.15, 0.2) is 0 Å². The highest BCUT2D eigenvalue weighted by Crippen LogP contribution is 2.02. The van der Waals surface area contributed by atoms with Crippen LogP contribution in [0.3, 0.4) is 0 Å². The Bertz CT molecular complexity index is 140. The normalized spacial score (nSPS) is 10.7. The summed E-state index contributed by atoms with van der Waals surface area (Å²) < 4.78 is 0. The molecule has 0 aromatic rings. The van der Waals surface area contributed by atoms with Gasteiger partial charge >= 0.3 is 0 Å². The number of hydrogen-bond acceptors (Lipinski definition) is 3. The maximum absolute atomic E-state index is 8.55. The molecule has 0 aromatic heterocycles.